The predicted octanol–water partition coefficient (Wildman–Crippen LogP) is 10.8. The van der Waals surface area contributed by atoms with E-state index in [-0.39, 0.29) is 16.7 Å². The summed E-state index contributed by atoms with van der Waals surface area (Å²) < 4.78 is 11.4. The minimum atomic E-state index is -0.112. The van der Waals surface area contributed by atoms with E-state index in [0.717, 1.165) is 93.2 Å². The molecule has 0 aliphatic rings. The number of hydrogen-bond acceptors (Lipinski definition) is 5. The first kappa shape index (κ1) is 37.7. The average Bonchev–Trinajstić information content (AvgIpc) is 4.05. The van der Waals surface area contributed by atoms with Crippen molar-refractivity contribution in [2.24, 2.45) is 0 Å². The van der Waals surface area contributed by atoms with Gasteiger partial charge in [0.05, 0.1) is 27.8 Å². The molecule has 0 bridgehead atoms. The number of nitrogens with zero attached hydrogens (tertiary/aromatic N) is 5. The number of aromatic nitrogens is 5. The zero-order valence-corrected chi connectivity index (χ0v) is 35.6. The van der Waals surface area contributed by atoms with Crippen LogP contribution in [-0.2, 0) is 0 Å². The van der Waals surface area contributed by atoms with E-state index >= 15 is 0 Å². The maximum atomic E-state index is 11.9. The largest absolute Gasteiger partial charge is 0.508 e. The van der Waals surface area contributed by atoms with Gasteiger partial charge in [0.1, 0.15) is 40.5 Å². The van der Waals surface area contributed by atoms with E-state index in [1.165, 1.54) is 0 Å². The minimum absolute atomic E-state index is 0.0454. The van der Waals surface area contributed by atoms with Crippen molar-refractivity contribution in [1.29, 1.82) is 0 Å². The Kier molecular flexibility index (Phi) is 7.85. The van der Waals surface area contributed by atoms with Crippen molar-refractivity contribution in [3.63, 3.8) is 0 Å². The summed E-state index contributed by atoms with van der Waals surface area (Å²) >= 11 is 0. The molecule has 0 aliphatic heterocycles. The van der Waals surface area contributed by atoms with Crippen LogP contribution in [0.15, 0.2) is 180 Å². The van der Waals surface area contributed by atoms with Gasteiger partial charge in [-0.3, -0.25) is 0 Å². The molecule has 304 valence electrons. The highest BCUT2D eigenvalue weighted by Gasteiger charge is 2.26. The number of para-hydroxylation sites is 2. The molecule has 0 atom stereocenters. The van der Waals surface area contributed by atoms with Crippen LogP contribution < -0.4 is 16.4 Å². The smallest absolute Gasteiger partial charge is 0.164 e. The zero-order valence-electron chi connectivity index (χ0n) is 35.6. The fourth-order valence-corrected chi connectivity index (χ4v) is 10.6. The molecule has 0 aliphatic carbocycles. The molecule has 10 heteroatoms. The minimum Gasteiger partial charge on any atom is -0.508 e. The van der Waals surface area contributed by atoms with Gasteiger partial charge in [-0.2, -0.15) is 0 Å². The molecule has 1 N–H and O–H groups in total. The van der Waals surface area contributed by atoms with Gasteiger partial charge in [0.2, 0.25) is 0 Å². The van der Waals surface area contributed by atoms with E-state index in [2.05, 4.69) is 106 Å². The third-order valence-corrected chi connectivity index (χ3v) is 13.5. The van der Waals surface area contributed by atoms with Crippen molar-refractivity contribution in [2.75, 3.05) is 0 Å². The Bertz CT molecular complexity index is 4330. The number of fused-ring (bicyclic) bond motifs is 10. The van der Waals surface area contributed by atoms with E-state index in [1.54, 1.807) is 0 Å². The van der Waals surface area contributed by atoms with Crippen LogP contribution in [0.25, 0.3) is 133 Å². The van der Waals surface area contributed by atoms with Crippen molar-refractivity contribution in [1.82, 2.24) is 24.1 Å². The molecular weight excluding hydrogens is 819 g/mol. The van der Waals surface area contributed by atoms with Crippen LogP contribution in [0.2, 0.25) is 0 Å². The van der Waals surface area contributed by atoms with E-state index in [4.69, 9.17) is 42.9 Å². The maximum Gasteiger partial charge on any atom is 0.164 e. The molecule has 14 aromatic rings. The lowest BCUT2D eigenvalue weighted by atomic mass is 9.68. The standard InChI is InChI=1S/C57H30B3N5O2/c58-49-47-39-21-12-24-43-45(39)46-40(48(47)54(66)51(60)50(49)59)28-34(29-44(46)67-43)65-42-23-10-8-20-36(42)38-26-25-37-35-19-7-9-22-41(35)64(52(37)53(38)65)33-18-11-17-32(27-33)57-62-55(30-13-3-1-4-14-30)61-56(63-57)31-15-5-2-6-16-31/h1-29,66H. The molecule has 0 saturated heterocycles. The van der Waals surface area contributed by atoms with Gasteiger partial charge in [0.25, 0.3) is 0 Å². The highest BCUT2D eigenvalue weighted by molar-refractivity contribution is 6.63. The summed E-state index contributed by atoms with van der Waals surface area (Å²) in [5.74, 6) is 1.65. The van der Waals surface area contributed by atoms with Crippen LogP contribution in [0.4, 0.5) is 0 Å². The third-order valence-electron chi connectivity index (χ3n) is 13.5. The number of rotatable bonds is 5. The summed E-state index contributed by atoms with van der Waals surface area (Å²) in [4.78, 5) is 15.1. The molecule has 10 aromatic carbocycles. The molecular formula is C57H30B3N5O2. The van der Waals surface area contributed by atoms with Crippen molar-refractivity contribution < 1.29 is 9.52 Å². The summed E-state index contributed by atoms with van der Waals surface area (Å²) in [6, 6.07) is 60.0. The highest BCUT2D eigenvalue weighted by atomic mass is 16.3. The number of benzene rings is 10. The second kappa shape index (κ2) is 13.9. The van der Waals surface area contributed by atoms with Gasteiger partial charge in [-0.05, 0) is 52.6 Å². The fraction of sp³-hybridized carbons (Fsp3) is 0. The Balaban J connectivity index is 1.08. The third kappa shape index (κ3) is 5.29. The van der Waals surface area contributed by atoms with E-state index in [0.29, 0.717) is 44.9 Å². The number of furan rings is 1. The molecule has 7 nitrogen and oxygen atoms in total. The summed E-state index contributed by atoms with van der Waals surface area (Å²) in [5, 5.41) is 20.8. The van der Waals surface area contributed by atoms with Gasteiger partial charge in [0, 0.05) is 66.1 Å². The first-order chi connectivity index (χ1) is 32.9. The summed E-state index contributed by atoms with van der Waals surface area (Å²) in [6.45, 7) is 0. The van der Waals surface area contributed by atoms with Crippen LogP contribution in [0.5, 0.6) is 5.75 Å². The Hall–Kier alpha value is -8.62. The van der Waals surface area contributed by atoms with Gasteiger partial charge in [-0.25, -0.2) is 15.0 Å². The molecule has 0 amide bonds. The lowest BCUT2D eigenvalue weighted by Crippen LogP contribution is -2.39. The SMILES string of the molecule is [B]c1c([B])c(O)c2c3cc(-n4c5ccccc5c5ccc6c7ccccc7n(-c7cccc(-c8nc(-c9ccccc9)nc(-c9ccccc9)n8)c7)c6c54)cc4oc5cccc(c2c1[B])c5c43. The van der Waals surface area contributed by atoms with Gasteiger partial charge in [0.15, 0.2) is 17.5 Å². The monoisotopic (exact) mass is 849 g/mol. The van der Waals surface area contributed by atoms with E-state index < -0.39 is 0 Å². The maximum absolute atomic E-state index is 11.9. The summed E-state index contributed by atoms with van der Waals surface area (Å²) in [6.07, 6.45) is 0. The van der Waals surface area contributed by atoms with Crippen LogP contribution in [0.1, 0.15) is 0 Å². The molecule has 67 heavy (non-hydrogen) atoms. The normalized spacial score (nSPS) is 12.1. The number of hydrogen-bond donors (Lipinski definition) is 1. The number of aromatic hydroxyl groups is 1. The van der Waals surface area contributed by atoms with Gasteiger partial charge < -0.3 is 18.7 Å². The summed E-state index contributed by atoms with van der Waals surface area (Å²) in [5.41, 5.74) is 10.4. The van der Waals surface area contributed by atoms with E-state index in [1.807, 2.05) is 78.9 Å². The lowest BCUT2D eigenvalue weighted by molar-refractivity contribution is 0.486. The second-order valence-electron chi connectivity index (χ2n) is 17.1. The van der Waals surface area contributed by atoms with Crippen LogP contribution in [0, 0.1) is 0 Å². The Morgan fingerprint density at radius 1 is 0.373 bits per heavy atom. The van der Waals surface area contributed by atoms with Crippen LogP contribution in [0.3, 0.4) is 0 Å². The quantitative estimate of drug-likeness (QED) is 0.138. The van der Waals surface area contributed by atoms with Crippen molar-refractivity contribution >= 4 is 127 Å². The molecule has 6 radical (unpaired) electrons. The van der Waals surface area contributed by atoms with Gasteiger partial charge in [-0.15, -0.1) is 5.46 Å². The molecule has 4 aromatic heterocycles. The first-order valence-corrected chi connectivity index (χ1v) is 22.0. The molecule has 0 saturated carbocycles. The Labute approximate surface area is 386 Å². The van der Waals surface area contributed by atoms with Crippen molar-refractivity contribution in [3.8, 4) is 51.3 Å². The zero-order chi connectivity index (χ0) is 44.7. The molecule has 0 fully saturated rings. The number of phenolic OH excluding ortho intramolecular Hbond substituents is 1. The lowest BCUT2D eigenvalue weighted by Gasteiger charge is -2.19. The van der Waals surface area contributed by atoms with E-state index in [9.17, 15) is 5.11 Å². The van der Waals surface area contributed by atoms with Crippen molar-refractivity contribution in [3.05, 3.63) is 176 Å². The fourth-order valence-electron chi connectivity index (χ4n) is 10.6. The second-order valence-corrected chi connectivity index (χ2v) is 17.1. The molecule has 4 heterocycles. The van der Waals surface area contributed by atoms with Gasteiger partial charge >= 0.3 is 0 Å². The summed E-state index contributed by atoms with van der Waals surface area (Å²) in [7, 11) is 19.8. The highest BCUT2D eigenvalue weighted by Crippen LogP contribution is 2.47. The Morgan fingerprint density at radius 3 is 1.54 bits per heavy atom. The molecule has 0 unspecified atom stereocenters. The van der Waals surface area contributed by atoms with Crippen molar-refractivity contribution in [2.45, 2.75) is 0 Å². The molecule has 14 rings (SSSR count). The van der Waals surface area contributed by atoms with Crippen LogP contribution in [-0.4, -0.2) is 52.7 Å². The first-order valence-electron chi connectivity index (χ1n) is 22.0. The predicted molar refractivity (Wildman–Crippen MR) is 276 cm³/mol. The number of phenols is 1. The Morgan fingerprint density at radius 2 is 0.896 bits per heavy atom. The van der Waals surface area contributed by atoms with Gasteiger partial charge in [-0.1, -0.05) is 144 Å². The van der Waals surface area contributed by atoms with Crippen LogP contribution >= 0.6 is 0 Å². The molecule has 0 spiro atoms. The average molecular weight is 849 g/mol. The topological polar surface area (TPSA) is 81.9 Å².